The third-order valence-corrected chi connectivity index (χ3v) is 1.88. The molecule has 0 bridgehead atoms. The molecule has 0 amide bonds. The van der Waals surface area contributed by atoms with Gasteiger partial charge in [-0.15, -0.1) is 0 Å². The summed E-state index contributed by atoms with van der Waals surface area (Å²) in [5, 5.41) is 17.8. The Kier molecular flexibility index (Phi) is 5.66. The molecule has 0 fully saturated rings. The first-order valence-electron chi connectivity index (χ1n) is 4.55. The van der Waals surface area contributed by atoms with Crippen LogP contribution in [0.1, 0.15) is 33.6 Å². The summed E-state index contributed by atoms with van der Waals surface area (Å²) in [7, 11) is 0. The number of hydrogen-bond acceptors (Lipinski definition) is 3. The number of aliphatic hydroxyl groups is 1. The van der Waals surface area contributed by atoms with E-state index in [1.165, 1.54) is 0 Å². The van der Waals surface area contributed by atoms with Crippen molar-refractivity contribution in [2.24, 2.45) is 0 Å². The molecule has 0 spiro atoms. The highest BCUT2D eigenvalue weighted by Crippen LogP contribution is 2.08. The molecular formula is C9H18O4. The minimum Gasteiger partial charge on any atom is -0.479 e. The third-order valence-electron chi connectivity index (χ3n) is 1.88. The average molecular weight is 190 g/mol. The molecule has 0 aliphatic carbocycles. The Labute approximate surface area is 78.5 Å². The van der Waals surface area contributed by atoms with Crippen molar-refractivity contribution in [1.29, 1.82) is 0 Å². The molecule has 2 N–H and O–H groups in total. The van der Waals surface area contributed by atoms with E-state index in [-0.39, 0.29) is 0 Å². The predicted octanol–water partition coefficient (Wildman–Crippen LogP) is 1.03. The summed E-state index contributed by atoms with van der Waals surface area (Å²) in [6.07, 6.45) is -0.642. The minimum atomic E-state index is -0.964. The van der Waals surface area contributed by atoms with Crippen molar-refractivity contribution in [2.75, 3.05) is 0 Å². The molecule has 0 rings (SSSR count). The van der Waals surface area contributed by atoms with Gasteiger partial charge < -0.3 is 14.9 Å². The van der Waals surface area contributed by atoms with Crippen molar-refractivity contribution >= 4 is 5.97 Å². The number of ether oxygens (including phenoxy) is 1. The maximum atomic E-state index is 10.6. The second-order valence-corrected chi connectivity index (χ2v) is 3.20. The Morgan fingerprint density at radius 2 is 2.00 bits per heavy atom. The van der Waals surface area contributed by atoms with Crippen molar-refractivity contribution in [2.45, 2.75) is 51.9 Å². The molecule has 0 aliphatic heterocycles. The molecule has 0 aromatic heterocycles. The number of aliphatic carboxylic acids is 1. The van der Waals surface area contributed by atoms with Crippen LogP contribution in [0.15, 0.2) is 0 Å². The standard InChI is InChI=1S/C9H18O4/c1-4-5-8(9(11)12)13-7(3)6(2)10/h6-8,10H,4-5H2,1-3H3,(H,11,12). The molecule has 3 atom stereocenters. The average Bonchev–Trinajstić information content (AvgIpc) is 2.03. The molecule has 0 aromatic carbocycles. The summed E-state index contributed by atoms with van der Waals surface area (Å²) in [6.45, 7) is 5.14. The zero-order valence-corrected chi connectivity index (χ0v) is 8.36. The van der Waals surface area contributed by atoms with Crippen LogP contribution in [0.3, 0.4) is 0 Å². The lowest BCUT2D eigenvalue weighted by Gasteiger charge is -2.20. The van der Waals surface area contributed by atoms with Gasteiger partial charge in [0.2, 0.25) is 0 Å². The highest BCUT2D eigenvalue weighted by Gasteiger charge is 2.21. The summed E-state index contributed by atoms with van der Waals surface area (Å²) in [4.78, 5) is 10.6. The van der Waals surface area contributed by atoms with Crippen LogP contribution < -0.4 is 0 Å². The number of rotatable bonds is 6. The Bertz CT molecular complexity index is 156. The topological polar surface area (TPSA) is 66.8 Å². The maximum Gasteiger partial charge on any atom is 0.332 e. The Morgan fingerprint density at radius 3 is 2.31 bits per heavy atom. The lowest BCUT2D eigenvalue weighted by atomic mass is 10.2. The zero-order valence-electron chi connectivity index (χ0n) is 8.36. The maximum absolute atomic E-state index is 10.6. The Hall–Kier alpha value is -0.610. The second-order valence-electron chi connectivity index (χ2n) is 3.20. The largest absolute Gasteiger partial charge is 0.479 e. The van der Waals surface area contributed by atoms with E-state index in [1.54, 1.807) is 13.8 Å². The minimum absolute atomic E-state index is 0.437. The fourth-order valence-corrected chi connectivity index (χ4v) is 0.885. The summed E-state index contributed by atoms with van der Waals surface area (Å²) in [6, 6.07) is 0. The van der Waals surface area contributed by atoms with Crippen molar-refractivity contribution in [1.82, 2.24) is 0 Å². The lowest BCUT2D eigenvalue weighted by molar-refractivity contribution is -0.158. The summed E-state index contributed by atoms with van der Waals surface area (Å²) < 4.78 is 5.16. The lowest BCUT2D eigenvalue weighted by Crippen LogP contribution is -2.33. The molecule has 0 saturated carbocycles. The van der Waals surface area contributed by atoms with Gasteiger partial charge in [-0.2, -0.15) is 0 Å². The van der Waals surface area contributed by atoms with Crippen molar-refractivity contribution in [3.8, 4) is 0 Å². The SMILES string of the molecule is CCCC(OC(C)C(C)O)C(=O)O. The van der Waals surface area contributed by atoms with E-state index in [2.05, 4.69) is 0 Å². The van der Waals surface area contributed by atoms with Crippen molar-refractivity contribution < 1.29 is 19.7 Å². The van der Waals surface area contributed by atoms with E-state index >= 15 is 0 Å². The van der Waals surface area contributed by atoms with Gasteiger partial charge in [0, 0.05) is 0 Å². The van der Waals surface area contributed by atoms with Gasteiger partial charge in [0.15, 0.2) is 6.10 Å². The molecule has 3 unspecified atom stereocenters. The van der Waals surface area contributed by atoms with E-state index in [0.717, 1.165) is 6.42 Å². The fraction of sp³-hybridized carbons (Fsp3) is 0.889. The van der Waals surface area contributed by atoms with Gasteiger partial charge >= 0.3 is 5.97 Å². The highest BCUT2D eigenvalue weighted by atomic mass is 16.5. The van der Waals surface area contributed by atoms with E-state index in [4.69, 9.17) is 14.9 Å². The number of carboxylic acids is 1. The normalized spacial score (nSPS) is 17.8. The van der Waals surface area contributed by atoms with Gasteiger partial charge in [-0.3, -0.25) is 0 Å². The number of hydrogen-bond donors (Lipinski definition) is 2. The van der Waals surface area contributed by atoms with Gasteiger partial charge in [-0.05, 0) is 20.3 Å². The van der Waals surface area contributed by atoms with E-state index < -0.39 is 24.3 Å². The molecule has 78 valence electrons. The van der Waals surface area contributed by atoms with Crippen LogP contribution in [-0.2, 0) is 9.53 Å². The third kappa shape index (κ3) is 4.85. The van der Waals surface area contributed by atoms with E-state index in [1.807, 2.05) is 6.92 Å². The van der Waals surface area contributed by atoms with Gasteiger partial charge in [0.05, 0.1) is 12.2 Å². The highest BCUT2D eigenvalue weighted by molar-refractivity contribution is 5.72. The molecule has 0 aliphatic rings. The van der Waals surface area contributed by atoms with Crippen LogP contribution in [0.4, 0.5) is 0 Å². The summed E-state index contributed by atoms with van der Waals surface area (Å²) in [5.41, 5.74) is 0. The van der Waals surface area contributed by atoms with Crippen LogP contribution >= 0.6 is 0 Å². The number of carboxylic acid groups (broad SMARTS) is 1. The molecule has 0 aromatic rings. The van der Waals surface area contributed by atoms with Crippen LogP contribution in [0.5, 0.6) is 0 Å². The van der Waals surface area contributed by atoms with Gasteiger partial charge in [0.1, 0.15) is 0 Å². The number of aliphatic hydroxyl groups excluding tert-OH is 1. The molecule has 4 nitrogen and oxygen atoms in total. The van der Waals surface area contributed by atoms with Crippen molar-refractivity contribution in [3.05, 3.63) is 0 Å². The fourth-order valence-electron chi connectivity index (χ4n) is 0.885. The quantitative estimate of drug-likeness (QED) is 0.656. The summed E-state index contributed by atoms with van der Waals surface area (Å²) in [5.74, 6) is -0.964. The van der Waals surface area contributed by atoms with E-state index in [9.17, 15) is 4.79 Å². The molecule has 0 heterocycles. The summed E-state index contributed by atoms with van der Waals surface area (Å²) >= 11 is 0. The smallest absolute Gasteiger partial charge is 0.332 e. The van der Waals surface area contributed by atoms with E-state index in [0.29, 0.717) is 6.42 Å². The Balaban J connectivity index is 4.01. The first-order chi connectivity index (χ1) is 5.99. The van der Waals surface area contributed by atoms with Crippen LogP contribution in [0, 0.1) is 0 Å². The molecule has 13 heavy (non-hydrogen) atoms. The van der Waals surface area contributed by atoms with Crippen LogP contribution in [-0.4, -0.2) is 34.5 Å². The van der Waals surface area contributed by atoms with Gasteiger partial charge in [0.25, 0.3) is 0 Å². The van der Waals surface area contributed by atoms with Gasteiger partial charge in [-0.25, -0.2) is 4.79 Å². The molecule has 4 heteroatoms. The zero-order chi connectivity index (χ0) is 10.4. The number of carbonyl (C=O) groups is 1. The molecule has 0 radical (unpaired) electrons. The predicted molar refractivity (Wildman–Crippen MR) is 48.6 cm³/mol. The first kappa shape index (κ1) is 12.4. The molecule has 0 saturated heterocycles. The van der Waals surface area contributed by atoms with Crippen LogP contribution in [0.25, 0.3) is 0 Å². The Morgan fingerprint density at radius 1 is 1.46 bits per heavy atom. The molecular weight excluding hydrogens is 172 g/mol. The van der Waals surface area contributed by atoms with Crippen LogP contribution in [0.2, 0.25) is 0 Å². The first-order valence-corrected chi connectivity index (χ1v) is 4.55. The monoisotopic (exact) mass is 190 g/mol. The van der Waals surface area contributed by atoms with Crippen molar-refractivity contribution in [3.63, 3.8) is 0 Å². The van der Waals surface area contributed by atoms with Gasteiger partial charge in [-0.1, -0.05) is 13.3 Å². The second kappa shape index (κ2) is 5.94.